The summed E-state index contributed by atoms with van der Waals surface area (Å²) in [7, 11) is 0. The standard InChI is InChI=1S/C23H31N3O2/c1-14-11-18-23(3,8-6-19(27)26-18)16-5-7-22(2)13-15(12-17(22)20(14)16)28-21-24-9-4-10-25-21/h4,6,8-10,14-18,20H,5,7,11-13H2,1-3H3,(H,26,27)/t14-,15-,16-,17-,18+,20+,22+,23+/m0/s1. The summed E-state index contributed by atoms with van der Waals surface area (Å²) in [4.78, 5) is 20.5. The quantitative estimate of drug-likeness (QED) is 0.847. The second-order valence-corrected chi connectivity index (χ2v) is 10.2. The van der Waals surface area contributed by atoms with E-state index in [1.807, 2.05) is 6.07 Å². The van der Waals surface area contributed by atoms with E-state index >= 15 is 0 Å². The summed E-state index contributed by atoms with van der Waals surface area (Å²) < 4.78 is 6.20. The van der Waals surface area contributed by atoms with Crippen molar-refractivity contribution >= 4 is 5.91 Å². The summed E-state index contributed by atoms with van der Waals surface area (Å²) in [5, 5.41) is 3.27. The minimum Gasteiger partial charge on any atom is -0.460 e. The molecule has 1 amide bonds. The van der Waals surface area contributed by atoms with Gasteiger partial charge < -0.3 is 10.1 Å². The van der Waals surface area contributed by atoms with E-state index in [0.29, 0.717) is 35.1 Å². The first-order valence-corrected chi connectivity index (χ1v) is 10.8. The summed E-state index contributed by atoms with van der Waals surface area (Å²) in [6.45, 7) is 7.26. The summed E-state index contributed by atoms with van der Waals surface area (Å²) in [5.41, 5.74) is 0.410. The molecule has 5 rings (SSSR count). The molecule has 0 unspecified atom stereocenters. The third kappa shape index (κ3) is 2.69. The van der Waals surface area contributed by atoms with Gasteiger partial charge in [-0.2, -0.15) is 0 Å². The van der Waals surface area contributed by atoms with Gasteiger partial charge in [-0.3, -0.25) is 4.79 Å². The van der Waals surface area contributed by atoms with Crippen LogP contribution < -0.4 is 10.1 Å². The molecule has 5 heteroatoms. The van der Waals surface area contributed by atoms with Crippen LogP contribution in [-0.2, 0) is 4.79 Å². The number of hydrogen-bond acceptors (Lipinski definition) is 4. The summed E-state index contributed by atoms with van der Waals surface area (Å²) in [5.74, 6) is 2.67. The molecule has 5 nitrogen and oxygen atoms in total. The molecular formula is C23H31N3O2. The molecule has 0 radical (unpaired) electrons. The molecule has 3 saturated carbocycles. The Kier molecular flexibility index (Phi) is 4.08. The lowest BCUT2D eigenvalue weighted by Gasteiger charge is -2.60. The highest BCUT2D eigenvalue weighted by Gasteiger charge is 2.60. The lowest BCUT2D eigenvalue weighted by atomic mass is 9.46. The number of nitrogens with one attached hydrogen (secondary N) is 1. The van der Waals surface area contributed by atoms with Crippen LogP contribution in [0.15, 0.2) is 30.6 Å². The maximum atomic E-state index is 12.0. The van der Waals surface area contributed by atoms with Gasteiger partial charge in [0.15, 0.2) is 0 Å². The second-order valence-electron chi connectivity index (χ2n) is 10.2. The van der Waals surface area contributed by atoms with E-state index in [-0.39, 0.29) is 23.5 Å². The number of aromatic nitrogens is 2. The number of amides is 1. The van der Waals surface area contributed by atoms with E-state index < -0.39 is 0 Å². The minimum absolute atomic E-state index is 0.0750. The number of carbonyl (C=O) groups excluding carboxylic acids is 1. The zero-order valence-corrected chi connectivity index (χ0v) is 17.1. The predicted octanol–water partition coefficient (Wildman–Crippen LogP) is 3.77. The largest absolute Gasteiger partial charge is 0.460 e. The van der Waals surface area contributed by atoms with Gasteiger partial charge in [0.05, 0.1) is 0 Å². The van der Waals surface area contributed by atoms with Crippen molar-refractivity contribution in [2.24, 2.45) is 34.5 Å². The molecule has 0 bridgehead atoms. The Morgan fingerprint density at radius 1 is 1.18 bits per heavy atom. The van der Waals surface area contributed by atoms with Crippen molar-refractivity contribution in [1.29, 1.82) is 0 Å². The number of nitrogens with zero attached hydrogens (tertiary/aromatic N) is 2. The van der Waals surface area contributed by atoms with Crippen LogP contribution in [0.4, 0.5) is 0 Å². The number of ether oxygens (including phenoxy) is 1. The van der Waals surface area contributed by atoms with Crippen LogP contribution in [0.1, 0.15) is 52.9 Å². The molecule has 0 saturated heterocycles. The van der Waals surface area contributed by atoms with Gasteiger partial charge in [-0.1, -0.05) is 26.8 Å². The number of hydrogen-bond donors (Lipinski definition) is 1. The van der Waals surface area contributed by atoms with Crippen LogP contribution in [0.5, 0.6) is 6.01 Å². The monoisotopic (exact) mass is 381 g/mol. The molecule has 0 aromatic carbocycles. The minimum atomic E-state index is 0.0750. The van der Waals surface area contributed by atoms with Gasteiger partial charge in [0.2, 0.25) is 5.91 Å². The molecule has 150 valence electrons. The van der Waals surface area contributed by atoms with Crippen LogP contribution in [0, 0.1) is 34.5 Å². The molecule has 8 atom stereocenters. The summed E-state index contributed by atoms with van der Waals surface area (Å²) >= 11 is 0. The maximum absolute atomic E-state index is 12.0. The fourth-order valence-corrected chi connectivity index (χ4v) is 7.26. The normalized spacial score (nSPS) is 46.9. The van der Waals surface area contributed by atoms with Crippen LogP contribution in [-0.4, -0.2) is 28.0 Å². The molecule has 1 aliphatic heterocycles. The van der Waals surface area contributed by atoms with Crippen LogP contribution in [0.3, 0.4) is 0 Å². The van der Waals surface area contributed by atoms with E-state index in [0.717, 1.165) is 19.3 Å². The Balaban J connectivity index is 1.42. The fraction of sp³-hybridized carbons (Fsp3) is 0.696. The van der Waals surface area contributed by atoms with Crippen LogP contribution in [0.25, 0.3) is 0 Å². The maximum Gasteiger partial charge on any atom is 0.316 e. The van der Waals surface area contributed by atoms with E-state index in [9.17, 15) is 4.79 Å². The second kappa shape index (κ2) is 6.30. The van der Waals surface area contributed by atoms with Gasteiger partial charge in [-0.25, -0.2) is 9.97 Å². The molecule has 0 spiro atoms. The Bertz CT molecular complexity index is 796. The first-order valence-electron chi connectivity index (χ1n) is 10.8. The van der Waals surface area contributed by atoms with E-state index in [4.69, 9.17) is 4.74 Å². The molecule has 3 fully saturated rings. The smallest absolute Gasteiger partial charge is 0.316 e. The molecule has 28 heavy (non-hydrogen) atoms. The van der Waals surface area contributed by atoms with Gasteiger partial charge in [0, 0.05) is 23.9 Å². The van der Waals surface area contributed by atoms with Crippen molar-refractivity contribution in [2.75, 3.05) is 0 Å². The van der Waals surface area contributed by atoms with E-state index in [1.54, 1.807) is 18.5 Å². The van der Waals surface area contributed by atoms with Gasteiger partial charge in [0.1, 0.15) is 6.10 Å². The third-order valence-electron chi connectivity index (χ3n) is 8.60. The topological polar surface area (TPSA) is 64.1 Å². The van der Waals surface area contributed by atoms with Gasteiger partial charge in [-0.15, -0.1) is 0 Å². The number of carbonyl (C=O) groups is 1. The molecule has 1 aromatic heterocycles. The average molecular weight is 382 g/mol. The number of rotatable bonds is 2. The molecule has 1 N–H and O–H groups in total. The van der Waals surface area contributed by atoms with E-state index in [1.165, 1.54) is 12.8 Å². The predicted molar refractivity (Wildman–Crippen MR) is 106 cm³/mol. The van der Waals surface area contributed by atoms with Gasteiger partial charge in [0.25, 0.3) is 0 Å². The zero-order chi connectivity index (χ0) is 19.5. The number of fused-ring (bicyclic) bond motifs is 5. The first-order chi connectivity index (χ1) is 13.4. The van der Waals surface area contributed by atoms with Gasteiger partial charge >= 0.3 is 6.01 Å². The van der Waals surface area contributed by atoms with Crippen molar-refractivity contribution < 1.29 is 9.53 Å². The Morgan fingerprint density at radius 3 is 2.75 bits per heavy atom. The van der Waals surface area contributed by atoms with Crippen LogP contribution in [0.2, 0.25) is 0 Å². The molecule has 2 heterocycles. The Morgan fingerprint density at radius 2 is 1.96 bits per heavy atom. The summed E-state index contributed by atoms with van der Waals surface area (Å²) in [6.07, 6.45) is 13.4. The molecule has 4 aliphatic rings. The fourth-order valence-electron chi connectivity index (χ4n) is 7.26. The zero-order valence-electron chi connectivity index (χ0n) is 17.1. The highest BCUT2D eigenvalue weighted by molar-refractivity contribution is 5.89. The first kappa shape index (κ1) is 18.1. The average Bonchev–Trinajstić information content (AvgIpc) is 3.00. The van der Waals surface area contributed by atoms with Crippen molar-refractivity contribution in [2.45, 2.75) is 65.0 Å². The Hall–Kier alpha value is -1.91. The SMILES string of the molecule is C[C@H]1C[C@H]2NC(=O)C=C[C@]2(C)[C@H]2CC[C@]3(C)C[C@@H](Oc4ncccn4)C[C@H]3[C@H]12. The van der Waals surface area contributed by atoms with Crippen molar-refractivity contribution in [3.05, 3.63) is 30.6 Å². The highest BCUT2D eigenvalue weighted by atomic mass is 16.5. The van der Waals surface area contributed by atoms with Crippen molar-refractivity contribution in [3.63, 3.8) is 0 Å². The van der Waals surface area contributed by atoms with Crippen LogP contribution >= 0.6 is 0 Å². The van der Waals surface area contributed by atoms with Crippen molar-refractivity contribution in [3.8, 4) is 6.01 Å². The summed E-state index contributed by atoms with van der Waals surface area (Å²) in [6, 6.07) is 2.61. The highest BCUT2D eigenvalue weighted by Crippen LogP contribution is 2.64. The van der Waals surface area contributed by atoms with E-state index in [2.05, 4.69) is 42.1 Å². The van der Waals surface area contributed by atoms with Crippen molar-refractivity contribution in [1.82, 2.24) is 15.3 Å². The Labute approximate surface area is 167 Å². The molecule has 3 aliphatic carbocycles. The third-order valence-corrected chi connectivity index (χ3v) is 8.60. The molecule has 1 aromatic rings. The lowest BCUT2D eigenvalue weighted by molar-refractivity contribution is -0.124. The molecular weight excluding hydrogens is 350 g/mol. The lowest BCUT2D eigenvalue weighted by Crippen LogP contribution is -2.61. The van der Waals surface area contributed by atoms with Gasteiger partial charge in [-0.05, 0) is 73.3 Å².